The second-order valence-corrected chi connectivity index (χ2v) is 4.27. The van der Waals surface area contributed by atoms with Gasteiger partial charge in [0.1, 0.15) is 17.3 Å². The number of benzene rings is 1. The van der Waals surface area contributed by atoms with Gasteiger partial charge in [0.15, 0.2) is 5.78 Å². The molecule has 0 saturated carbocycles. The fourth-order valence-electron chi connectivity index (χ4n) is 1.71. The second kappa shape index (κ2) is 5.80. The van der Waals surface area contributed by atoms with E-state index in [0.717, 1.165) is 0 Å². The van der Waals surface area contributed by atoms with Gasteiger partial charge in [-0.15, -0.1) is 0 Å². The number of rotatable bonds is 4. The molecule has 0 atom stereocenters. The number of halogens is 2. The first-order valence-corrected chi connectivity index (χ1v) is 5.96. The molecule has 1 aromatic heterocycles. The topological polar surface area (TPSA) is 39.2 Å². The highest BCUT2D eigenvalue weighted by atomic mass is 35.5. The Bertz CT molecular complexity index is 616. The van der Waals surface area contributed by atoms with Crippen LogP contribution in [0.5, 0.6) is 5.75 Å². The fraction of sp³-hybridized carbons (Fsp3) is 0.143. The van der Waals surface area contributed by atoms with Crippen molar-refractivity contribution in [2.45, 2.75) is 6.42 Å². The molecule has 0 bridgehead atoms. The minimum Gasteiger partial charge on any atom is -0.494 e. The Kier molecular flexibility index (Phi) is 4.12. The molecule has 0 amide bonds. The van der Waals surface area contributed by atoms with Gasteiger partial charge in [-0.1, -0.05) is 23.7 Å². The van der Waals surface area contributed by atoms with Crippen LogP contribution < -0.4 is 4.74 Å². The standard InChI is InChI=1S/C14H11ClFNO2/c1-19-12-6-3-7-17-14(12)11(18)8-9-4-2-5-10(15)13(9)16/h2-7H,8H2,1H3. The molecule has 0 radical (unpaired) electrons. The molecule has 98 valence electrons. The van der Waals surface area contributed by atoms with Gasteiger partial charge in [-0.2, -0.15) is 0 Å². The number of pyridine rings is 1. The van der Waals surface area contributed by atoms with E-state index in [1.807, 2.05) is 0 Å². The lowest BCUT2D eigenvalue weighted by molar-refractivity contribution is 0.0984. The van der Waals surface area contributed by atoms with Gasteiger partial charge in [0.05, 0.1) is 12.1 Å². The first kappa shape index (κ1) is 13.5. The molecule has 0 spiro atoms. The van der Waals surface area contributed by atoms with Crippen LogP contribution in [0.2, 0.25) is 5.02 Å². The zero-order valence-corrected chi connectivity index (χ0v) is 10.9. The minimum atomic E-state index is -0.576. The molecule has 1 aromatic carbocycles. The zero-order chi connectivity index (χ0) is 13.8. The number of Topliss-reactive ketones (excluding diaryl/α,β-unsaturated/α-hetero) is 1. The highest BCUT2D eigenvalue weighted by molar-refractivity contribution is 6.30. The number of ketones is 1. The monoisotopic (exact) mass is 279 g/mol. The largest absolute Gasteiger partial charge is 0.494 e. The van der Waals surface area contributed by atoms with Gasteiger partial charge in [0.2, 0.25) is 0 Å². The fourth-order valence-corrected chi connectivity index (χ4v) is 1.90. The molecule has 0 saturated heterocycles. The molecule has 0 aliphatic carbocycles. The van der Waals surface area contributed by atoms with E-state index in [4.69, 9.17) is 16.3 Å². The van der Waals surface area contributed by atoms with Crippen LogP contribution in [0.4, 0.5) is 4.39 Å². The predicted octanol–water partition coefficient (Wildman–Crippen LogP) is 3.31. The lowest BCUT2D eigenvalue weighted by Crippen LogP contribution is -2.09. The number of hydrogen-bond donors (Lipinski definition) is 0. The van der Waals surface area contributed by atoms with Crippen LogP contribution in [0.15, 0.2) is 36.5 Å². The molecule has 0 N–H and O–H groups in total. The normalized spacial score (nSPS) is 10.3. The molecule has 1 heterocycles. The number of methoxy groups -OCH3 is 1. The van der Waals surface area contributed by atoms with Crippen molar-refractivity contribution in [3.63, 3.8) is 0 Å². The summed E-state index contributed by atoms with van der Waals surface area (Å²) in [4.78, 5) is 16.1. The minimum absolute atomic E-state index is 0.00159. The van der Waals surface area contributed by atoms with Crippen molar-refractivity contribution in [1.29, 1.82) is 0 Å². The molecule has 0 unspecified atom stereocenters. The summed E-state index contributed by atoms with van der Waals surface area (Å²) in [5, 5.41) is -0.00159. The SMILES string of the molecule is COc1cccnc1C(=O)Cc1cccc(Cl)c1F. The van der Waals surface area contributed by atoms with Crippen molar-refractivity contribution in [3.05, 3.63) is 58.6 Å². The van der Waals surface area contributed by atoms with Crippen molar-refractivity contribution in [2.75, 3.05) is 7.11 Å². The molecular weight excluding hydrogens is 269 g/mol. The smallest absolute Gasteiger partial charge is 0.189 e. The third-order valence-electron chi connectivity index (χ3n) is 2.64. The number of ether oxygens (including phenoxy) is 1. The van der Waals surface area contributed by atoms with Crippen molar-refractivity contribution in [2.24, 2.45) is 0 Å². The molecule has 5 heteroatoms. The van der Waals surface area contributed by atoms with Crippen LogP contribution >= 0.6 is 11.6 Å². The van der Waals surface area contributed by atoms with E-state index in [0.29, 0.717) is 5.75 Å². The lowest BCUT2D eigenvalue weighted by atomic mass is 10.1. The number of nitrogens with zero attached hydrogens (tertiary/aromatic N) is 1. The summed E-state index contributed by atoms with van der Waals surface area (Å²) in [6.45, 7) is 0. The number of aromatic nitrogens is 1. The van der Waals surface area contributed by atoms with E-state index in [-0.39, 0.29) is 28.5 Å². The van der Waals surface area contributed by atoms with Crippen LogP contribution in [-0.2, 0) is 6.42 Å². The van der Waals surface area contributed by atoms with E-state index >= 15 is 0 Å². The number of carbonyl (C=O) groups excluding carboxylic acids is 1. The molecular formula is C14H11ClFNO2. The quantitative estimate of drug-likeness (QED) is 0.806. The number of hydrogen-bond acceptors (Lipinski definition) is 3. The van der Waals surface area contributed by atoms with Crippen LogP contribution in [-0.4, -0.2) is 17.9 Å². The maximum atomic E-state index is 13.7. The van der Waals surface area contributed by atoms with Gasteiger partial charge in [0, 0.05) is 12.6 Å². The molecule has 2 aromatic rings. The van der Waals surface area contributed by atoms with Gasteiger partial charge >= 0.3 is 0 Å². The van der Waals surface area contributed by atoms with Gasteiger partial charge in [0.25, 0.3) is 0 Å². The highest BCUT2D eigenvalue weighted by Gasteiger charge is 2.16. The third kappa shape index (κ3) is 2.90. The molecule has 2 rings (SSSR count). The summed E-state index contributed by atoms with van der Waals surface area (Å²) >= 11 is 5.68. The second-order valence-electron chi connectivity index (χ2n) is 3.87. The van der Waals surface area contributed by atoms with Crippen LogP contribution in [0.1, 0.15) is 16.1 Å². The Balaban J connectivity index is 2.28. The average molecular weight is 280 g/mol. The van der Waals surface area contributed by atoms with Gasteiger partial charge in [-0.25, -0.2) is 9.37 Å². The zero-order valence-electron chi connectivity index (χ0n) is 10.2. The average Bonchev–Trinajstić information content (AvgIpc) is 2.43. The molecule has 3 nitrogen and oxygen atoms in total. The van der Waals surface area contributed by atoms with Gasteiger partial charge in [-0.3, -0.25) is 4.79 Å². The summed E-state index contributed by atoms with van der Waals surface area (Å²) in [5.41, 5.74) is 0.426. The van der Waals surface area contributed by atoms with E-state index in [1.54, 1.807) is 18.2 Å². The first-order chi connectivity index (χ1) is 9.13. The Hall–Kier alpha value is -1.94. The third-order valence-corrected chi connectivity index (χ3v) is 2.93. The summed E-state index contributed by atoms with van der Waals surface area (Å²) in [6, 6.07) is 7.86. The van der Waals surface area contributed by atoms with E-state index in [9.17, 15) is 9.18 Å². The number of carbonyl (C=O) groups is 1. The maximum absolute atomic E-state index is 13.7. The van der Waals surface area contributed by atoms with E-state index in [1.165, 1.54) is 25.4 Å². The van der Waals surface area contributed by atoms with Crippen molar-refractivity contribution >= 4 is 17.4 Å². The summed E-state index contributed by atoms with van der Waals surface area (Å²) in [5.74, 6) is -0.527. The van der Waals surface area contributed by atoms with Gasteiger partial charge in [-0.05, 0) is 23.8 Å². The summed E-state index contributed by atoms with van der Waals surface area (Å²) in [7, 11) is 1.45. The van der Waals surface area contributed by atoms with Gasteiger partial charge < -0.3 is 4.74 Å². The maximum Gasteiger partial charge on any atom is 0.189 e. The van der Waals surface area contributed by atoms with E-state index < -0.39 is 5.82 Å². The van der Waals surface area contributed by atoms with Crippen molar-refractivity contribution in [1.82, 2.24) is 4.98 Å². The first-order valence-electron chi connectivity index (χ1n) is 5.58. The highest BCUT2D eigenvalue weighted by Crippen LogP contribution is 2.21. The Morgan fingerprint density at radius 2 is 2.16 bits per heavy atom. The van der Waals surface area contributed by atoms with Crippen LogP contribution in [0, 0.1) is 5.82 Å². The molecule has 0 aliphatic heterocycles. The van der Waals surface area contributed by atoms with Crippen molar-refractivity contribution in [3.8, 4) is 5.75 Å². The molecule has 19 heavy (non-hydrogen) atoms. The Labute approximate surface area is 115 Å². The summed E-state index contributed by atoms with van der Waals surface area (Å²) < 4.78 is 18.8. The Morgan fingerprint density at radius 3 is 2.89 bits per heavy atom. The lowest BCUT2D eigenvalue weighted by Gasteiger charge is -2.07. The summed E-state index contributed by atoms with van der Waals surface area (Å²) in [6.07, 6.45) is 1.38. The Morgan fingerprint density at radius 1 is 1.37 bits per heavy atom. The van der Waals surface area contributed by atoms with Crippen LogP contribution in [0.25, 0.3) is 0 Å². The van der Waals surface area contributed by atoms with Crippen molar-refractivity contribution < 1.29 is 13.9 Å². The predicted molar refractivity (Wildman–Crippen MR) is 70.2 cm³/mol. The molecule has 0 aliphatic rings. The van der Waals surface area contributed by atoms with Crippen LogP contribution in [0.3, 0.4) is 0 Å². The molecule has 0 fully saturated rings. The van der Waals surface area contributed by atoms with E-state index in [2.05, 4.69) is 4.98 Å².